The Kier molecular flexibility index (Phi) is 6.23. The molecule has 6 heteroatoms. The fraction of sp³-hybridized carbons (Fsp3) is 0.286. The lowest BCUT2D eigenvalue weighted by Gasteiger charge is -2.26. The summed E-state index contributed by atoms with van der Waals surface area (Å²) in [6, 6.07) is 7.30. The zero-order valence-electron chi connectivity index (χ0n) is 15.3. The monoisotopic (exact) mass is 385 g/mol. The fourth-order valence-electron chi connectivity index (χ4n) is 2.81. The maximum Gasteiger partial charge on any atom is 0.247 e. The Morgan fingerprint density at radius 1 is 1.15 bits per heavy atom. The number of morpholine rings is 1. The highest BCUT2D eigenvalue weighted by Gasteiger charge is 2.19. The highest BCUT2D eigenvalue weighted by atomic mass is 35.5. The van der Waals surface area contributed by atoms with Crippen LogP contribution in [-0.2, 0) is 19.0 Å². The molecular weight excluding hydrogens is 366 g/mol. The van der Waals surface area contributed by atoms with Crippen LogP contribution in [0.25, 0.3) is 5.57 Å². The Morgan fingerprint density at radius 2 is 1.85 bits per heavy atom. The van der Waals surface area contributed by atoms with E-state index >= 15 is 0 Å². The molecule has 1 heterocycles. The highest BCUT2D eigenvalue weighted by Crippen LogP contribution is 2.29. The van der Waals surface area contributed by atoms with E-state index in [0.717, 1.165) is 5.56 Å². The average molecular weight is 386 g/mol. The molecule has 1 aromatic carbocycles. The molecule has 140 valence electrons. The molecule has 5 nitrogen and oxygen atoms in total. The van der Waals surface area contributed by atoms with Gasteiger partial charge in [0.25, 0.3) is 0 Å². The number of hydrogen-bond acceptors (Lipinski definition) is 4. The van der Waals surface area contributed by atoms with E-state index in [2.05, 4.69) is 11.5 Å². The smallest absolute Gasteiger partial charge is 0.247 e. The first-order valence-electron chi connectivity index (χ1n) is 8.53. The summed E-state index contributed by atoms with van der Waals surface area (Å²) in [5, 5.41) is 0.625. The number of rotatable bonds is 5. The van der Waals surface area contributed by atoms with Crippen molar-refractivity contribution in [2.45, 2.75) is 0 Å². The lowest BCUT2D eigenvalue weighted by atomic mass is 9.95. The van der Waals surface area contributed by atoms with Crippen LogP contribution in [0.5, 0.6) is 0 Å². The van der Waals surface area contributed by atoms with E-state index in [9.17, 15) is 4.79 Å². The largest absolute Gasteiger partial charge is 0.492 e. The van der Waals surface area contributed by atoms with Crippen LogP contribution in [0.1, 0.15) is 5.56 Å². The molecule has 1 aromatic rings. The maximum absolute atomic E-state index is 12.8. The molecule has 0 atom stereocenters. The van der Waals surface area contributed by atoms with E-state index in [0.29, 0.717) is 54.0 Å². The molecule has 0 N–H and O–H groups in total. The number of carbonyl (C=O) groups is 1. The van der Waals surface area contributed by atoms with E-state index in [1.54, 1.807) is 43.4 Å². The first-order valence-corrected chi connectivity index (χ1v) is 8.91. The molecule has 1 fully saturated rings. The van der Waals surface area contributed by atoms with Gasteiger partial charge < -0.3 is 19.1 Å². The third-order valence-corrected chi connectivity index (χ3v) is 4.52. The quantitative estimate of drug-likeness (QED) is 0.576. The van der Waals surface area contributed by atoms with Crippen molar-refractivity contribution in [2.75, 3.05) is 40.5 Å². The van der Waals surface area contributed by atoms with Gasteiger partial charge in [0.2, 0.25) is 11.7 Å². The Bertz CT molecular complexity index is 879. The van der Waals surface area contributed by atoms with Crippen LogP contribution in [0.4, 0.5) is 0 Å². The first-order chi connectivity index (χ1) is 13.1. The molecule has 2 aliphatic rings. The van der Waals surface area contributed by atoms with Crippen LogP contribution < -0.4 is 0 Å². The van der Waals surface area contributed by atoms with E-state index < -0.39 is 0 Å². The van der Waals surface area contributed by atoms with E-state index in [-0.39, 0.29) is 5.91 Å². The van der Waals surface area contributed by atoms with Crippen molar-refractivity contribution in [1.82, 2.24) is 4.90 Å². The normalized spacial score (nSPS) is 17.1. The second-order valence-corrected chi connectivity index (χ2v) is 6.35. The van der Waals surface area contributed by atoms with Crippen LogP contribution in [-0.4, -0.2) is 51.3 Å². The molecule has 0 bridgehead atoms. The zero-order valence-corrected chi connectivity index (χ0v) is 16.0. The SMILES string of the molecule is COC1=C=C=C(C(=CC(=O)N2CCOCC2)c2ccc(Cl)cc2)C=C1OC. The molecule has 1 aliphatic carbocycles. The third kappa shape index (κ3) is 4.54. The molecule has 1 amide bonds. The van der Waals surface area contributed by atoms with Crippen molar-refractivity contribution in [2.24, 2.45) is 0 Å². The van der Waals surface area contributed by atoms with Crippen LogP contribution in [0, 0.1) is 0 Å². The van der Waals surface area contributed by atoms with Gasteiger partial charge in [-0.05, 0) is 23.4 Å². The van der Waals surface area contributed by atoms with Gasteiger partial charge in [-0.25, -0.2) is 0 Å². The number of ether oxygens (including phenoxy) is 3. The summed E-state index contributed by atoms with van der Waals surface area (Å²) in [4.78, 5) is 14.6. The summed E-state index contributed by atoms with van der Waals surface area (Å²) in [7, 11) is 3.10. The zero-order chi connectivity index (χ0) is 19.2. The standard InChI is InChI=1S/C21H20ClNO4/c1-25-19-8-5-16(13-20(19)26-2)18(15-3-6-17(22)7-4-15)14-21(24)23-9-11-27-12-10-23/h3-4,6-7,13-14H,9-12H2,1-2H3. The number of allylic oxidation sites excluding steroid dienone is 3. The van der Waals surface area contributed by atoms with Crippen molar-refractivity contribution < 1.29 is 19.0 Å². The van der Waals surface area contributed by atoms with Gasteiger partial charge in [0.15, 0.2) is 5.76 Å². The summed E-state index contributed by atoms with van der Waals surface area (Å²) in [5.74, 6) is 0.896. The number of amides is 1. The second-order valence-electron chi connectivity index (χ2n) is 5.91. The first kappa shape index (κ1) is 19.1. The van der Waals surface area contributed by atoms with Crippen molar-refractivity contribution in [1.29, 1.82) is 0 Å². The third-order valence-electron chi connectivity index (χ3n) is 4.27. The van der Waals surface area contributed by atoms with Gasteiger partial charge in [-0.15, -0.1) is 0 Å². The molecule has 0 radical (unpaired) electrons. The van der Waals surface area contributed by atoms with Gasteiger partial charge in [0.1, 0.15) is 0 Å². The summed E-state index contributed by atoms with van der Waals surface area (Å²) in [6.45, 7) is 2.24. The molecule has 3 rings (SSSR count). The van der Waals surface area contributed by atoms with Gasteiger partial charge in [-0.2, -0.15) is 0 Å². The molecule has 0 aromatic heterocycles. The molecule has 0 spiro atoms. The molecular formula is C21H20ClNO4. The Morgan fingerprint density at radius 3 is 2.48 bits per heavy atom. The Labute approximate surface area is 163 Å². The minimum atomic E-state index is -0.0774. The van der Waals surface area contributed by atoms with Crippen LogP contribution in [0.2, 0.25) is 5.02 Å². The lowest BCUT2D eigenvalue weighted by molar-refractivity contribution is -0.129. The summed E-state index contributed by atoms with van der Waals surface area (Å²) >= 11 is 6.02. The number of benzene rings is 1. The van der Waals surface area contributed by atoms with Crippen LogP contribution in [0.3, 0.4) is 0 Å². The lowest BCUT2D eigenvalue weighted by Crippen LogP contribution is -2.39. The van der Waals surface area contributed by atoms with Gasteiger partial charge in [-0.1, -0.05) is 29.5 Å². The Balaban J connectivity index is 2.06. The molecule has 27 heavy (non-hydrogen) atoms. The minimum absolute atomic E-state index is 0.0774. The van der Waals surface area contributed by atoms with Crippen molar-refractivity contribution >= 4 is 23.1 Å². The van der Waals surface area contributed by atoms with Gasteiger partial charge in [-0.3, -0.25) is 4.79 Å². The van der Waals surface area contributed by atoms with E-state index in [4.69, 9.17) is 25.8 Å². The van der Waals surface area contributed by atoms with Gasteiger partial charge in [0.05, 0.1) is 27.4 Å². The second kappa shape index (κ2) is 8.81. The highest BCUT2D eigenvalue weighted by molar-refractivity contribution is 6.30. The predicted octanol–water partition coefficient (Wildman–Crippen LogP) is 3.34. The number of carbonyl (C=O) groups excluding carboxylic acids is 1. The topological polar surface area (TPSA) is 48.0 Å². The predicted molar refractivity (Wildman–Crippen MR) is 103 cm³/mol. The molecule has 0 saturated carbocycles. The molecule has 0 unspecified atom stereocenters. The maximum atomic E-state index is 12.8. The fourth-order valence-corrected chi connectivity index (χ4v) is 2.94. The Hall–Kier alpha value is -2.68. The van der Waals surface area contributed by atoms with Gasteiger partial charge >= 0.3 is 0 Å². The van der Waals surface area contributed by atoms with Crippen molar-refractivity contribution in [3.63, 3.8) is 0 Å². The van der Waals surface area contributed by atoms with E-state index in [1.807, 2.05) is 12.1 Å². The number of methoxy groups -OCH3 is 2. The molecule has 1 saturated heterocycles. The van der Waals surface area contributed by atoms with Gasteiger partial charge in [0, 0.05) is 41.4 Å². The van der Waals surface area contributed by atoms with Crippen molar-refractivity contribution in [3.05, 3.63) is 75.6 Å². The minimum Gasteiger partial charge on any atom is -0.492 e. The summed E-state index contributed by atoms with van der Waals surface area (Å²) in [5.41, 5.74) is 8.23. The number of hydrogen-bond donors (Lipinski definition) is 0. The van der Waals surface area contributed by atoms with Crippen LogP contribution >= 0.6 is 11.6 Å². The van der Waals surface area contributed by atoms with Crippen LogP contribution in [0.15, 0.2) is 65.0 Å². The molecule has 1 aliphatic heterocycles. The van der Waals surface area contributed by atoms with E-state index in [1.165, 1.54) is 0 Å². The van der Waals surface area contributed by atoms with Crippen molar-refractivity contribution in [3.8, 4) is 0 Å². The summed E-state index contributed by atoms with van der Waals surface area (Å²) < 4.78 is 15.9. The number of halogens is 1. The number of nitrogens with zero attached hydrogens (tertiary/aromatic N) is 1. The summed E-state index contributed by atoms with van der Waals surface area (Å²) in [6.07, 6.45) is 3.39. The average Bonchev–Trinajstić information content (AvgIpc) is 2.72.